The number of pyridine rings is 1. The molecule has 0 spiro atoms. The predicted molar refractivity (Wildman–Crippen MR) is 98.1 cm³/mol. The van der Waals surface area contributed by atoms with Crippen molar-refractivity contribution < 1.29 is 4.79 Å². The molecule has 2 N–H and O–H groups in total. The molecule has 3 rings (SSSR count). The van der Waals surface area contributed by atoms with Crippen molar-refractivity contribution >= 4 is 49.8 Å². The molecule has 0 aromatic carbocycles. The van der Waals surface area contributed by atoms with Gasteiger partial charge in [-0.05, 0) is 46.6 Å². The molecule has 0 saturated heterocycles. The summed E-state index contributed by atoms with van der Waals surface area (Å²) in [6.07, 6.45) is 4.27. The standard InChI is InChI=1S/C15H13BrN4OS2/c16-13-4-3-11(23-13)5-7-18-14(21)20-15-19-12(9-22-15)10-2-1-6-17-8-10/h1-4,6,8-9H,5,7H2,(H2,18,19,20,21). The molecule has 2 amide bonds. The Morgan fingerprint density at radius 3 is 2.96 bits per heavy atom. The third-order valence-electron chi connectivity index (χ3n) is 2.97. The first kappa shape index (κ1) is 16.1. The summed E-state index contributed by atoms with van der Waals surface area (Å²) >= 11 is 6.49. The molecule has 0 aliphatic carbocycles. The Hall–Kier alpha value is -1.77. The van der Waals surface area contributed by atoms with E-state index in [1.165, 1.54) is 16.2 Å². The van der Waals surface area contributed by atoms with Crippen molar-refractivity contribution in [2.75, 3.05) is 11.9 Å². The largest absolute Gasteiger partial charge is 0.337 e. The highest BCUT2D eigenvalue weighted by molar-refractivity contribution is 9.11. The third kappa shape index (κ3) is 4.60. The van der Waals surface area contributed by atoms with Gasteiger partial charge >= 0.3 is 6.03 Å². The van der Waals surface area contributed by atoms with Crippen LogP contribution in [0.3, 0.4) is 0 Å². The maximum Gasteiger partial charge on any atom is 0.321 e. The number of thiophene rings is 1. The number of carbonyl (C=O) groups excluding carboxylic acids is 1. The molecule has 0 aliphatic rings. The fraction of sp³-hybridized carbons (Fsp3) is 0.133. The van der Waals surface area contributed by atoms with E-state index in [9.17, 15) is 4.79 Å². The van der Waals surface area contributed by atoms with Crippen LogP contribution in [0.1, 0.15) is 4.88 Å². The van der Waals surface area contributed by atoms with Crippen LogP contribution in [0.15, 0.2) is 45.8 Å². The number of amides is 2. The Labute approximate surface area is 149 Å². The van der Waals surface area contributed by atoms with Crippen molar-refractivity contribution in [2.24, 2.45) is 0 Å². The molecule has 3 aromatic rings. The molecule has 8 heteroatoms. The first-order valence-corrected chi connectivity index (χ1v) is 9.34. The normalized spacial score (nSPS) is 10.5. The van der Waals surface area contributed by atoms with E-state index in [4.69, 9.17) is 0 Å². The van der Waals surface area contributed by atoms with Gasteiger partial charge in [-0.25, -0.2) is 9.78 Å². The van der Waals surface area contributed by atoms with Gasteiger partial charge in [-0.1, -0.05) is 0 Å². The van der Waals surface area contributed by atoms with Gasteiger partial charge in [-0.3, -0.25) is 10.3 Å². The van der Waals surface area contributed by atoms with Crippen LogP contribution in [-0.2, 0) is 6.42 Å². The number of aromatic nitrogens is 2. The number of urea groups is 1. The number of anilines is 1. The van der Waals surface area contributed by atoms with Crippen LogP contribution in [0, 0.1) is 0 Å². The lowest BCUT2D eigenvalue weighted by Crippen LogP contribution is -2.30. The van der Waals surface area contributed by atoms with Crippen LogP contribution < -0.4 is 10.6 Å². The molecule has 0 atom stereocenters. The number of halogens is 1. The van der Waals surface area contributed by atoms with E-state index >= 15 is 0 Å². The first-order chi connectivity index (χ1) is 11.2. The van der Waals surface area contributed by atoms with E-state index in [1.807, 2.05) is 23.6 Å². The average Bonchev–Trinajstić information content (AvgIpc) is 3.17. The van der Waals surface area contributed by atoms with Crippen molar-refractivity contribution in [1.29, 1.82) is 0 Å². The van der Waals surface area contributed by atoms with Gasteiger partial charge in [0.2, 0.25) is 0 Å². The second kappa shape index (κ2) is 7.67. The lowest BCUT2D eigenvalue weighted by Gasteiger charge is -2.04. The van der Waals surface area contributed by atoms with Crippen LogP contribution in [0.25, 0.3) is 11.3 Å². The van der Waals surface area contributed by atoms with Gasteiger partial charge in [0.1, 0.15) is 0 Å². The number of hydrogen-bond acceptors (Lipinski definition) is 5. The van der Waals surface area contributed by atoms with E-state index in [1.54, 1.807) is 23.7 Å². The number of carbonyl (C=O) groups is 1. The molecular formula is C15H13BrN4OS2. The SMILES string of the molecule is O=C(NCCc1ccc(Br)s1)Nc1nc(-c2cccnc2)cs1. The highest BCUT2D eigenvalue weighted by atomic mass is 79.9. The summed E-state index contributed by atoms with van der Waals surface area (Å²) in [7, 11) is 0. The van der Waals surface area contributed by atoms with Crippen LogP contribution in [0.2, 0.25) is 0 Å². The Kier molecular flexibility index (Phi) is 5.37. The molecule has 3 heterocycles. The summed E-state index contributed by atoms with van der Waals surface area (Å²) in [5.74, 6) is 0. The fourth-order valence-electron chi connectivity index (χ4n) is 1.90. The summed E-state index contributed by atoms with van der Waals surface area (Å²) in [6, 6.07) is 7.61. The van der Waals surface area contributed by atoms with E-state index in [0.717, 1.165) is 21.5 Å². The smallest absolute Gasteiger partial charge is 0.321 e. The number of nitrogens with zero attached hydrogens (tertiary/aromatic N) is 2. The molecule has 3 aromatic heterocycles. The van der Waals surface area contributed by atoms with Crippen molar-refractivity contribution in [2.45, 2.75) is 6.42 Å². The average molecular weight is 409 g/mol. The predicted octanol–water partition coefficient (Wildman–Crippen LogP) is 4.39. The van der Waals surface area contributed by atoms with Gasteiger partial charge in [0.05, 0.1) is 9.48 Å². The van der Waals surface area contributed by atoms with Crippen LogP contribution in [-0.4, -0.2) is 22.5 Å². The Balaban J connectivity index is 1.49. The minimum Gasteiger partial charge on any atom is -0.337 e. The lowest BCUT2D eigenvalue weighted by molar-refractivity contribution is 0.252. The van der Waals surface area contributed by atoms with Crippen LogP contribution in [0.5, 0.6) is 0 Å². The Morgan fingerprint density at radius 1 is 1.30 bits per heavy atom. The van der Waals surface area contributed by atoms with Gasteiger partial charge in [-0.2, -0.15) is 0 Å². The molecule has 23 heavy (non-hydrogen) atoms. The number of rotatable bonds is 5. The minimum atomic E-state index is -0.243. The number of thiazole rings is 1. The molecule has 0 bridgehead atoms. The minimum absolute atomic E-state index is 0.243. The van der Waals surface area contributed by atoms with Gasteiger partial charge < -0.3 is 5.32 Å². The monoisotopic (exact) mass is 408 g/mol. The quantitative estimate of drug-likeness (QED) is 0.657. The maximum absolute atomic E-state index is 11.9. The molecule has 0 saturated carbocycles. The van der Waals surface area contributed by atoms with E-state index in [-0.39, 0.29) is 6.03 Å². The van der Waals surface area contributed by atoms with Crippen LogP contribution >= 0.6 is 38.6 Å². The molecule has 0 radical (unpaired) electrons. The van der Waals surface area contributed by atoms with Crippen LogP contribution in [0.4, 0.5) is 9.93 Å². The van der Waals surface area contributed by atoms with Crippen molar-refractivity contribution in [3.05, 3.63) is 50.7 Å². The summed E-state index contributed by atoms with van der Waals surface area (Å²) < 4.78 is 1.10. The summed E-state index contributed by atoms with van der Waals surface area (Å²) in [4.78, 5) is 21.6. The van der Waals surface area contributed by atoms with Crippen molar-refractivity contribution in [1.82, 2.24) is 15.3 Å². The first-order valence-electron chi connectivity index (χ1n) is 6.86. The summed E-state index contributed by atoms with van der Waals surface area (Å²) in [5, 5.41) is 8.06. The highest BCUT2D eigenvalue weighted by Crippen LogP contribution is 2.24. The summed E-state index contributed by atoms with van der Waals surface area (Å²) in [5.41, 5.74) is 1.74. The zero-order valence-electron chi connectivity index (χ0n) is 12.0. The fourth-order valence-corrected chi connectivity index (χ4v) is 4.10. The molecule has 118 valence electrons. The third-order valence-corrected chi connectivity index (χ3v) is 5.41. The highest BCUT2D eigenvalue weighted by Gasteiger charge is 2.08. The molecular weight excluding hydrogens is 396 g/mol. The topological polar surface area (TPSA) is 66.9 Å². The van der Waals surface area contributed by atoms with Gasteiger partial charge in [0.15, 0.2) is 5.13 Å². The number of nitrogens with one attached hydrogen (secondary N) is 2. The van der Waals surface area contributed by atoms with Crippen molar-refractivity contribution in [3.8, 4) is 11.3 Å². The van der Waals surface area contributed by atoms with Gasteiger partial charge in [-0.15, -0.1) is 22.7 Å². The lowest BCUT2D eigenvalue weighted by atomic mass is 10.2. The molecule has 0 fully saturated rings. The zero-order valence-corrected chi connectivity index (χ0v) is 15.2. The molecule has 0 aliphatic heterocycles. The van der Waals surface area contributed by atoms with E-state index in [2.05, 4.69) is 42.6 Å². The molecule has 0 unspecified atom stereocenters. The zero-order chi connectivity index (χ0) is 16.1. The second-order valence-corrected chi connectivity index (χ2v) is 8.02. The summed E-state index contributed by atoms with van der Waals surface area (Å²) in [6.45, 7) is 0.583. The molecule has 5 nitrogen and oxygen atoms in total. The van der Waals surface area contributed by atoms with E-state index < -0.39 is 0 Å². The Bertz CT molecular complexity index is 788. The van der Waals surface area contributed by atoms with E-state index in [0.29, 0.717) is 11.7 Å². The van der Waals surface area contributed by atoms with Gasteiger partial charge in [0, 0.05) is 34.8 Å². The van der Waals surface area contributed by atoms with Crippen molar-refractivity contribution in [3.63, 3.8) is 0 Å². The maximum atomic E-state index is 11.9. The Morgan fingerprint density at radius 2 is 2.22 bits per heavy atom. The second-order valence-electron chi connectivity index (χ2n) is 4.62. The number of hydrogen-bond donors (Lipinski definition) is 2. The van der Waals surface area contributed by atoms with Gasteiger partial charge in [0.25, 0.3) is 0 Å².